The number of nitrogens with zero attached hydrogens (tertiary/aromatic N) is 2. The Labute approximate surface area is 149 Å². The summed E-state index contributed by atoms with van der Waals surface area (Å²) in [5.74, 6) is -0.322. The maximum atomic E-state index is 14.8. The molecule has 0 spiro atoms. The molecule has 0 saturated carbocycles. The minimum absolute atomic E-state index is 0.322. The number of rotatable bonds is 6. The van der Waals surface area contributed by atoms with Gasteiger partial charge in [-0.25, -0.2) is 9.37 Å². The summed E-state index contributed by atoms with van der Waals surface area (Å²) in [7, 11) is 0. The van der Waals surface area contributed by atoms with E-state index < -0.39 is 0 Å². The van der Waals surface area contributed by atoms with Gasteiger partial charge in [-0.1, -0.05) is 22.0 Å². The number of imidazole rings is 1. The molecule has 0 aliphatic rings. The van der Waals surface area contributed by atoms with Crippen molar-refractivity contribution in [2.45, 2.75) is 26.3 Å². The molecule has 0 amide bonds. The van der Waals surface area contributed by atoms with Gasteiger partial charge in [0.2, 0.25) is 0 Å². The first-order chi connectivity index (χ1) is 11.6. The number of hydrogen-bond acceptors (Lipinski definition) is 2. The first kappa shape index (κ1) is 16.7. The van der Waals surface area contributed by atoms with Crippen LogP contribution in [0.15, 0.2) is 53.8 Å². The van der Waals surface area contributed by atoms with Crippen LogP contribution in [0.5, 0.6) is 0 Å². The van der Waals surface area contributed by atoms with Crippen LogP contribution in [0, 0.1) is 12.7 Å². The lowest BCUT2D eigenvalue weighted by atomic mass is 10.2. The molecule has 3 aromatic rings. The summed E-state index contributed by atoms with van der Waals surface area (Å²) in [6.07, 6.45) is 5.49. The SMILES string of the molecule is C=CCCCn1cnc2c(F)c(Nc3ccc(Br)cc3C)ccc21. The molecule has 0 radical (unpaired) electrons. The second-order valence-corrected chi connectivity index (χ2v) is 6.66. The Morgan fingerprint density at radius 1 is 1.29 bits per heavy atom. The number of fused-ring (bicyclic) bond motifs is 1. The quantitative estimate of drug-likeness (QED) is 0.417. The van der Waals surface area contributed by atoms with Crippen LogP contribution in [-0.4, -0.2) is 9.55 Å². The Hall–Kier alpha value is -2.14. The summed E-state index contributed by atoms with van der Waals surface area (Å²) >= 11 is 3.44. The summed E-state index contributed by atoms with van der Waals surface area (Å²) < 4.78 is 17.8. The zero-order valence-corrected chi connectivity index (χ0v) is 15.1. The lowest BCUT2D eigenvalue weighted by Crippen LogP contribution is -1.98. The van der Waals surface area contributed by atoms with Crippen LogP contribution in [0.4, 0.5) is 15.8 Å². The minimum atomic E-state index is -0.322. The average molecular weight is 388 g/mol. The summed E-state index contributed by atoms with van der Waals surface area (Å²) in [6.45, 7) is 6.51. The lowest BCUT2D eigenvalue weighted by Gasteiger charge is -2.11. The highest BCUT2D eigenvalue weighted by molar-refractivity contribution is 9.10. The average Bonchev–Trinajstić information content (AvgIpc) is 2.96. The molecule has 1 N–H and O–H groups in total. The molecule has 0 unspecified atom stereocenters. The molecule has 1 heterocycles. The van der Waals surface area contributed by atoms with E-state index in [0.29, 0.717) is 11.2 Å². The van der Waals surface area contributed by atoms with Crippen LogP contribution >= 0.6 is 15.9 Å². The molecule has 3 rings (SSSR count). The third kappa shape index (κ3) is 3.36. The van der Waals surface area contributed by atoms with Crippen molar-refractivity contribution >= 4 is 38.3 Å². The van der Waals surface area contributed by atoms with E-state index in [-0.39, 0.29) is 5.82 Å². The third-order valence-corrected chi connectivity index (χ3v) is 4.49. The van der Waals surface area contributed by atoms with E-state index in [9.17, 15) is 4.39 Å². The van der Waals surface area contributed by atoms with Crippen molar-refractivity contribution in [3.63, 3.8) is 0 Å². The third-order valence-electron chi connectivity index (χ3n) is 4.00. The first-order valence-corrected chi connectivity index (χ1v) is 8.67. The maximum Gasteiger partial charge on any atom is 0.174 e. The number of halogens is 2. The highest BCUT2D eigenvalue weighted by Gasteiger charge is 2.13. The van der Waals surface area contributed by atoms with Gasteiger partial charge >= 0.3 is 0 Å². The molecule has 0 atom stereocenters. The van der Waals surface area contributed by atoms with Crippen molar-refractivity contribution in [1.29, 1.82) is 0 Å². The molecule has 5 heteroatoms. The second-order valence-electron chi connectivity index (χ2n) is 5.75. The molecule has 0 fully saturated rings. The minimum Gasteiger partial charge on any atom is -0.353 e. The number of unbranched alkanes of at least 4 members (excludes halogenated alkanes) is 1. The maximum absolute atomic E-state index is 14.8. The van der Waals surface area contributed by atoms with E-state index >= 15 is 0 Å². The fourth-order valence-electron chi connectivity index (χ4n) is 2.69. The van der Waals surface area contributed by atoms with Gasteiger partial charge in [0.1, 0.15) is 5.52 Å². The monoisotopic (exact) mass is 387 g/mol. The molecule has 1 aromatic heterocycles. The number of aryl methyl sites for hydroxylation is 2. The summed E-state index contributed by atoms with van der Waals surface area (Å²) in [5, 5.41) is 3.16. The summed E-state index contributed by atoms with van der Waals surface area (Å²) in [4.78, 5) is 4.25. The molecule has 2 aromatic carbocycles. The zero-order chi connectivity index (χ0) is 17.1. The molecule has 0 aliphatic heterocycles. The van der Waals surface area contributed by atoms with Gasteiger partial charge in [0.15, 0.2) is 5.82 Å². The summed E-state index contributed by atoms with van der Waals surface area (Å²) in [6, 6.07) is 9.53. The summed E-state index contributed by atoms with van der Waals surface area (Å²) in [5.41, 5.74) is 3.56. The van der Waals surface area contributed by atoms with Gasteiger partial charge in [-0.15, -0.1) is 6.58 Å². The van der Waals surface area contributed by atoms with E-state index in [2.05, 4.69) is 32.8 Å². The smallest absolute Gasteiger partial charge is 0.174 e. The Kier molecular flexibility index (Phi) is 5.00. The van der Waals surface area contributed by atoms with Crippen LogP contribution in [0.3, 0.4) is 0 Å². The van der Waals surface area contributed by atoms with Crippen LogP contribution in [-0.2, 0) is 6.54 Å². The van der Waals surface area contributed by atoms with Crippen molar-refractivity contribution in [3.05, 3.63) is 65.2 Å². The first-order valence-electron chi connectivity index (χ1n) is 7.87. The van der Waals surface area contributed by atoms with E-state index in [0.717, 1.165) is 40.6 Å². The van der Waals surface area contributed by atoms with Gasteiger partial charge in [-0.05, 0) is 55.7 Å². The van der Waals surface area contributed by atoms with Crippen molar-refractivity contribution in [3.8, 4) is 0 Å². The fraction of sp³-hybridized carbons (Fsp3) is 0.211. The van der Waals surface area contributed by atoms with Crippen molar-refractivity contribution in [2.75, 3.05) is 5.32 Å². The van der Waals surface area contributed by atoms with Gasteiger partial charge in [-0.3, -0.25) is 0 Å². The Morgan fingerprint density at radius 3 is 2.83 bits per heavy atom. The molecule has 124 valence electrons. The van der Waals surface area contributed by atoms with Crippen LogP contribution in [0.2, 0.25) is 0 Å². The second kappa shape index (κ2) is 7.18. The van der Waals surface area contributed by atoms with Crippen molar-refractivity contribution in [1.82, 2.24) is 9.55 Å². The number of hydrogen-bond donors (Lipinski definition) is 1. The number of allylic oxidation sites excluding steroid dienone is 1. The van der Waals surface area contributed by atoms with E-state index in [1.165, 1.54) is 0 Å². The van der Waals surface area contributed by atoms with Crippen molar-refractivity contribution in [2.24, 2.45) is 0 Å². The van der Waals surface area contributed by atoms with Crippen LogP contribution in [0.1, 0.15) is 18.4 Å². The molecule has 24 heavy (non-hydrogen) atoms. The number of anilines is 2. The number of aromatic nitrogens is 2. The standard InChI is InChI=1S/C19H19BrFN3/c1-3-4-5-10-24-12-22-19-17(24)9-8-16(18(19)21)23-15-7-6-14(20)11-13(15)2/h3,6-9,11-12,23H,1,4-5,10H2,2H3. The van der Waals surface area contributed by atoms with Crippen LogP contribution < -0.4 is 5.32 Å². The van der Waals surface area contributed by atoms with E-state index in [4.69, 9.17) is 0 Å². The highest BCUT2D eigenvalue weighted by atomic mass is 79.9. The lowest BCUT2D eigenvalue weighted by molar-refractivity contribution is 0.640. The fourth-order valence-corrected chi connectivity index (χ4v) is 3.17. The number of nitrogens with one attached hydrogen (secondary N) is 1. The molecule has 3 nitrogen and oxygen atoms in total. The van der Waals surface area contributed by atoms with Gasteiger partial charge < -0.3 is 9.88 Å². The normalized spacial score (nSPS) is 11.0. The largest absolute Gasteiger partial charge is 0.353 e. The molecular weight excluding hydrogens is 369 g/mol. The topological polar surface area (TPSA) is 29.9 Å². The van der Waals surface area contributed by atoms with Crippen molar-refractivity contribution < 1.29 is 4.39 Å². The highest BCUT2D eigenvalue weighted by Crippen LogP contribution is 2.29. The Balaban J connectivity index is 1.90. The molecular formula is C19H19BrFN3. The zero-order valence-electron chi connectivity index (χ0n) is 13.5. The predicted molar refractivity (Wildman–Crippen MR) is 101 cm³/mol. The molecule has 0 saturated heterocycles. The van der Waals surface area contributed by atoms with Gasteiger partial charge in [-0.2, -0.15) is 0 Å². The Morgan fingerprint density at radius 2 is 2.08 bits per heavy atom. The predicted octanol–water partition coefficient (Wildman–Crippen LogP) is 5.96. The van der Waals surface area contributed by atoms with Gasteiger partial charge in [0.25, 0.3) is 0 Å². The van der Waals surface area contributed by atoms with Crippen LogP contribution in [0.25, 0.3) is 11.0 Å². The molecule has 0 aliphatic carbocycles. The Bertz CT molecular complexity index is 886. The number of benzene rings is 2. The molecule has 0 bridgehead atoms. The van der Waals surface area contributed by atoms with Gasteiger partial charge in [0, 0.05) is 16.7 Å². The van der Waals surface area contributed by atoms with Gasteiger partial charge in [0.05, 0.1) is 17.5 Å². The van der Waals surface area contributed by atoms with E-state index in [1.807, 2.05) is 41.8 Å². The van der Waals surface area contributed by atoms with E-state index in [1.54, 1.807) is 12.4 Å².